The number of nitrogens with zero attached hydrogens (tertiary/aromatic N) is 1. The van der Waals surface area contributed by atoms with Crippen molar-refractivity contribution >= 4 is 29.4 Å². The summed E-state index contributed by atoms with van der Waals surface area (Å²) >= 11 is 0. The molecule has 2 aromatic carbocycles. The van der Waals surface area contributed by atoms with Gasteiger partial charge in [-0.1, -0.05) is 23.8 Å². The average molecular weight is 495 g/mol. The van der Waals surface area contributed by atoms with Gasteiger partial charge in [-0.25, -0.2) is 4.79 Å². The van der Waals surface area contributed by atoms with Crippen molar-refractivity contribution in [3.63, 3.8) is 0 Å². The summed E-state index contributed by atoms with van der Waals surface area (Å²) in [4.78, 5) is 51.5. The zero-order chi connectivity index (χ0) is 26.0. The first-order valence-corrected chi connectivity index (χ1v) is 11.8. The molecule has 0 aliphatic carbocycles. The van der Waals surface area contributed by atoms with Gasteiger partial charge in [0.05, 0.1) is 19.8 Å². The van der Waals surface area contributed by atoms with Crippen LogP contribution in [0.4, 0.5) is 10.5 Å². The quantitative estimate of drug-likeness (QED) is 0.529. The fourth-order valence-electron chi connectivity index (χ4n) is 4.45. The van der Waals surface area contributed by atoms with Crippen molar-refractivity contribution in [2.75, 3.05) is 31.6 Å². The number of benzene rings is 2. The van der Waals surface area contributed by atoms with Crippen molar-refractivity contribution < 1.29 is 28.7 Å². The Morgan fingerprint density at radius 1 is 1.00 bits per heavy atom. The molecule has 1 atom stereocenters. The number of hydrogen-bond acceptors (Lipinski definition) is 6. The van der Waals surface area contributed by atoms with Gasteiger partial charge in [0, 0.05) is 12.1 Å². The van der Waals surface area contributed by atoms with Crippen LogP contribution in [-0.4, -0.2) is 55.0 Å². The van der Waals surface area contributed by atoms with Gasteiger partial charge < -0.3 is 25.4 Å². The molecule has 36 heavy (non-hydrogen) atoms. The maximum absolute atomic E-state index is 13.2. The number of fused-ring (bicyclic) bond motifs is 1. The monoisotopic (exact) mass is 494 g/mol. The van der Waals surface area contributed by atoms with E-state index in [4.69, 9.17) is 9.47 Å². The van der Waals surface area contributed by atoms with Crippen LogP contribution in [0.2, 0.25) is 0 Å². The van der Waals surface area contributed by atoms with Crippen molar-refractivity contribution in [2.45, 2.75) is 39.7 Å². The first-order valence-electron chi connectivity index (χ1n) is 11.8. The number of urea groups is 1. The Hall–Kier alpha value is -4.08. The van der Waals surface area contributed by atoms with E-state index >= 15 is 0 Å². The highest BCUT2D eigenvalue weighted by molar-refractivity contribution is 6.09. The molecule has 2 aromatic rings. The van der Waals surface area contributed by atoms with Crippen molar-refractivity contribution in [1.29, 1.82) is 0 Å². The third kappa shape index (κ3) is 4.98. The predicted octanol–water partition coefficient (Wildman–Crippen LogP) is 2.30. The number of rotatable bonds is 6. The van der Waals surface area contributed by atoms with Crippen LogP contribution < -0.4 is 25.4 Å². The number of aryl methyl sites for hydroxylation is 3. The summed E-state index contributed by atoms with van der Waals surface area (Å²) in [5.41, 5.74) is 2.75. The highest BCUT2D eigenvalue weighted by atomic mass is 16.5. The van der Waals surface area contributed by atoms with Gasteiger partial charge >= 0.3 is 6.03 Å². The first kappa shape index (κ1) is 25.0. The van der Waals surface area contributed by atoms with Gasteiger partial charge in [-0.2, -0.15) is 0 Å². The molecule has 1 saturated heterocycles. The summed E-state index contributed by atoms with van der Waals surface area (Å²) in [7, 11) is 0. The standard InChI is InChI=1S/C26H30N4O6/c1-15-10-16(2)23(17(3)11-15)28-21(31)13-27-22(32)14-30-24(33)26(4,29-25(30)34)18-6-7-19-20(12-18)36-9-5-8-35-19/h6-7,10-12H,5,8-9,13-14H2,1-4H3,(H,27,32)(H,28,31)(H,29,34). The molecule has 0 aromatic heterocycles. The molecule has 0 bridgehead atoms. The molecule has 2 aliphatic rings. The molecule has 1 fully saturated rings. The lowest BCUT2D eigenvalue weighted by atomic mass is 9.91. The molecule has 1 unspecified atom stereocenters. The lowest BCUT2D eigenvalue weighted by Gasteiger charge is -2.23. The van der Waals surface area contributed by atoms with Gasteiger partial charge in [0.1, 0.15) is 12.1 Å². The Kier molecular flexibility index (Phi) is 6.87. The van der Waals surface area contributed by atoms with Gasteiger partial charge in [-0.3, -0.25) is 19.3 Å². The van der Waals surface area contributed by atoms with Crippen LogP contribution in [0.25, 0.3) is 0 Å². The maximum Gasteiger partial charge on any atom is 0.325 e. The number of anilines is 1. The molecule has 5 amide bonds. The number of ether oxygens (including phenoxy) is 2. The predicted molar refractivity (Wildman–Crippen MR) is 132 cm³/mol. The van der Waals surface area contributed by atoms with E-state index in [1.807, 2.05) is 32.9 Å². The van der Waals surface area contributed by atoms with Crippen molar-refractivity contribution in [3.05, 3.63) is 52.6 Å². The second-order valence-corrected chi connectivity index (χ2v) is 9.26. The average Bonchev–Trinajstić information content (AvgIpc) is 2.98. The summed E-state index contributed by atoms with van der Waals surface area (Å²) in [6, 6.07) is 8.28. The SMILES string of the molecule is Cc1cc(C)c(NC(=O)CNC(=O)CN2C(=O)NC(C)(c3ccc4c(c3)OCCCO4)C2=O)c(C)c1. The smallest absolute Gasteiger partial charge is 0.325 e. The lowest BCUT2D eigenvalue weighted by Crippen LogP contribution is -2.44. The van der Waals surface area contributed by atoms with Crippen LogP contribution in [0.1, 0.15) is 35.6 Å². The largest absolute Gasteiger partial charge is 0.490 e. The van der Waals surface area contributed by atoms with E-state index in [2.05, 4.69) is 16.0 Å². The second-order valence-electron chi connectivity index (χ2n) is 9.26. The maximum atomic E-state index is 13.2. The molecule has 3 N–H and O–H groups in total. The van der Waals surface area contributed by atoms with Gasteiger partial charge in [0.15, 0.2) is 11.5 Å². The van der Waals surface area contributed by atoms with Gasteiger partial charge in [0.25, 0.3) is 5.91 Å². The third-order valence-corrected chi connectivity index (χ3v) is 6.29. The molecule has 0 spiro atoms. The van der Waals surface area contributed by atoms with E-state index in [-0.39, 0.29) is 6.54 Å². The summed E-state index contributed by atoms with van der Waals surface area (Å²) in [6.07, 6.45) is 0.738. The fourth-order valence-corrected chi connectivity index (χ4v) is 4.45. The number of carbonyl (C=O) groups excluding carboxylic acids is 4. The summed E-state index contributed by atoms with van der Waals surface area (Å²) in [6.45, 7) is 7.54. The summed E-state index contributed by atoms with van der Waals surface area (Å²) in [5.74, 6) is -0.550. The summed E-state index contributed by atoms with van der Waals surface area (Å²) < 4.78 is 11.3. The molecule has 0 saturated carbocycles. The molecule has 190 valence electrons. The van der Waals surface area contributed by atoms with E-state index in [0.29, 0.717) is 36.0 Å². The van der Waals surface area contributed by atoms with E-state index in [1.165, 1.54) is 0 Å². The van der Waals surface area contributed by atoms with Gasteiger partial charge in [-0.15, -0.1) is 0 Å². The minimum absolute atomic E-state index is 0.297. The number of carbonyl (C=O) groups is 4. The van der Waals surface area contributed by atoms with Crippen LogP contribution >= 0.6 is 0 Å². The van der Waals surface area contributed by atoms with Crippen molar-refractivity contribution in [2.24, 2.45) is 0 Å². The minimum Gasteiger partial charge on any atom is -0.490 e. The van der Waals surface area contributed by atoms with E-state index < -0.39 is 35.8 Å². The Bertz CT molecular complexity index is 1220. The second kappa shape index (κ2) is 9.88. The number of imide groups is 1. The van der Waals surface area contributed by atoms with Crippen LogP contribution in [-0.2, 0) is 19.9 Å². The van der Waals surface area contributed by atoms with Crippen molar-refractivity contribution in [1.82, 2.24) is 15.5 Å². The van der Waals surface area contributed by atoms with Crippen LogP contribution in [0.3, 0.4) is 0 Å². The van der Waals surface area contributed by atoms with Crippen LogP contribution in [0, 0.1) is 20.8 Å². The third-order valence-electron chi connectivity index (χ3n) is 6.29. The van der Waals surface area contributed by atoms with Crippen LogP contribution in [0.15, 0.2) is 30.3 Å². The molecule has 4 rings (SSSR count). The van der Waals surface area contributed by atoms with E-state index in [1.54, 1.807) is 25.1 Å². The molecular formula is C26H30N4O6. The zero-order valence-electron chi connectivity index (χ0n) is 20.8. The normalized spacial score (nSPS) is 18.9. The van der Waals surface area contributed by atoms with Crippen molar-refractivity contribution in [3.8, 4) is 11.5 Å². The van der Waals surface area contributed by atoms with E-state index in [0.717, 1.165) is 28.0 Å². The Labute approximate surface area is 209 Å². The molecular weight excluding hydrogens is 464 g/mol. The fraction of sp³-hybridized carbons (Fsp3) is 0.385. The number of amides is 5. The minimum atomic E-state index is -1.38. The van der Waals surface area contributed by atoms with Gasteiger partial charge in [0.2, 0.25) is 11.8 Å². The zero-order valence-corrected chi connectivity index (χ0v) is 20.8. The number of nitrogens with one attached hydrogen (secondary N) is 3. The molecule has 2 aliphatic heterocycles. The highest BCUT2D eigenvalue weighted by Gasteiger charge is 2.49. The Morgan fingerprint density at radius 3 is 2.36 bits per heavy atom. The van der Waals surface area contributed by atoms with Crippen LogP contribution in [0.5, 0.6) is 11.5 Å². The van der Waals surface area contributed by atoms with E-state index in [9.17, 15) is 19.2 Å². The topological polar surface area (TPSA) is 126 Å². The Balaban J connectivity index is 1.38. The summed E-state index contributed by atoms with van der Waals surface area (Å²) in [5, 5.41) is 7.95. The Morgan fingerprint density at radius 2 is 1.67 bits per heavy atom. The highest BCUT2D eigenvalue weighted by Crippen LogP contribution is 2.36. The molecule has 2 heterocycles. The number of hydrogen-bond donors (Lipinski definition) is 3. The molecule has 10 heteroatoms. The molecule has 0 radical (unpaired) electrons. The molecule has 10 nitrogen and oxygen atoms in total. The lowest BCUT2D eigenvalue weighted by molar-refractivity contribution is -0.135. The first-order chi connectivity index (χ1) is 17.1. The van der Waals surface area contributed by atoms with Gasteiger partial charge in [-0.05, 0) is 56.5 Å².